The molecule has 0 saturated carbocycles. The Morgan fingerprint density at radius 3 is 2.92 bits per heavy atom. The number of hydrogen-bond donors (Lipinski definition) is 3. The molecule has 6 nitrogen and oxygen atoms in total. The summed E-state index contributed by atoms with van der Waals surface area (Å²) >= 11 is 0. The normalized spacial score (nSPS) is 16.0. The van der Waals surface area contributed by atoms with Gasteiger partial charge < -0.3 is 20.2 Å². The second-order valence-corrected chi connectivity index (χ2v) is 6.42. The number of carbonyl (C=O) groups is 2. The third-order valence-electron chi connectivity index (χ3n) is 4.34. The van der Waals surface area contributed by atoms with Crippen LogP contribution < -0.4 is 10.6 Å². The molecule has 2 aromatic rings. The number of rotatable bonds is 5. The van der Waals surface area contributed by atoms with Crippen LogP contribution in [0.2, 0.25) is 0 Å². The molecule has 0 saturated heterocycles. The summed E-state index contributed by atoms with van der Waals surface area (Å²) in [4.78, 5) is 24.1. The number of hydrogen-bond acceptors (Lipinski definition) is 4. The van der Waals surface area contributed by atoms with E-state index in [-0.39, 0.29) is 17.9 Å². The maximum atomic E-state index is 12.1. The topological polar surface area (TPSA) is 91.6 Å². The maximum Gasteiger partial charge on any atom is 0.319 e. The largest absolute Gasteiger partial charge is 0.467 e. The Kier molecular flexibility index (Phi) is 5.19. The predicted molar refractivity (Wildman–Crippen MR) is 93.6 cm³/mol. The van der Waals surface area contributed by atoms with E-state index in [2.05, 4.69) is 10.6 Å². The van der Waals surface area contributed by atoms with Crippen molar-refractivity contribution in [2.24, 2.45) is 0 Å². The number of nitrogens with one attached hydrogen (secondary N) is 2. The minimum Gasteiger partial charge on any atom is -0.467 e. The quantitative estimate of drug-likeness (QED) is 0.776. The molecule has 3 rings (SSSR count). The van der Waals surface area contributed by atoms with Crippen molar-refractivity contribution in [1.82, 2.24) is 5.32 Å². The lowest BCUT2D eigenvalue weighted by atomic mass is 9.90. The molecule has 2 atom stereocenters. The minimum atomic E-state index is -0.772. The van der Waals surface area contributed by atoms with Gasteiger partial charge in [0, 0.05) is 30.1 Å². The van der Waals surface area contributed by atoms with Crippen LogP contribution in [0.1, 0.15) is 54.0 Å². The molecular weight excluding hydrogens is 320 g/mol. The summed E-state index contributed by atoms with van der Waals surface area (Å²) < 4.78 is 5.15. The number of amides is 2. The standard InChI is InChI=1S/C19H22N2O4/c1-12(10-17(23)18-6-3-9-25-18)20-19(24)21-14-8-7-13-4-2-5-16(22)15(13)11-14/h3,6-9,11-12,17,23H,2,4-5,10H2,1H3,(H2,20,21,24)/t12-,17-/m1/s1. The van der Waals surface area contributed by atoms with E-state index in [1.54, 1.807) is 24.3 Å². The average molecular weight is 342 g/mol. The van der Waals surface area contributed by atoms with Crippen LogP contribution in [0, 0.1) is 0 Å². The molecule has 2 amide bonds. The first-order chi connectivity index (χ1) is 12.0. The van der Waals surface area contributed by atoms with E-state index in [9.17, 15) is 14.7 Å². The Balaban J connectivity index is 1.55. The van der Waals surface area contributed by atoms with Crippen LogP contribution in [-0.4, -0.2) is 23.0 Å². The molecular formula is C19H22N2O4. The van der Waals surface area contributed by atoms with Gasteiger partial charge in [0.05, 0.1) is 6.26 Å². The Labute approximate surface area is 146 Å². The van der Waals surface area contributed by atoms with Crippen molar-refractivity contribution in [3.63, 3.8) is 0 Å². The molecule has 1 aromatic carbocycles. The molecule has 0 fully saturated rings. The summed E-state index contributed by atoms with van der Waals surface area (Å²) in [6.45, 7) is 1.81. The number of fused-ring (bicyclic) bond motifs is 1. The van der Waals surface area contributed by atoms with E-state index in [4.69, 9.17) is 4.42 Å². The zero-order valence-electron chi connectivity index (χ0n) is 14.1. The second-order valence-electron chi connectivity index (χ2n) is 6.42. The average Bonchev–Trinajstić information content (AvgIpc) is 3.10. The molecule has 25 heavy (non-hydrogen) atoms. The molecule has 0 bridgehead atoms. The van der Waals surface area contributed by atoms with Gasteiger partial charge in [-0.3, -0.25) is 4.79 Å². The number of ketones is 1. The number of aliphatic hydroxyl groups excluding tert-OH is 1. The molecule has 0 spiro atoms. The summed E-state index contributed by atoms with van der Waals surface area (Å²) in [5, 5.41) is 15.6. The van der Waals surface area contributed by atoms with Gasteiger partial charge in [0.1, 0.15) is 11.9 Å². The second kappa shape index (κ2) is 7.53. The van der Waals surface area contributed by atoms with Gasteiger partial charge in [-0.2, -0.15) is 0 Å². The van der Waals surface area contributed by atoms with Gasteiger partial charge in [-0.1, -0.05) is 6.07 Å². The fourth-order valence-corrected chi connectivity index (χ4v) is 3.09. The van der Waals surface area contributed by atoms with Gasteiger partial charge in [-0.25, -0.2) is 4.79 Å². The van der Waals surface area contributed by atoms with E-state index >= 15 is 0 Å². The van der Waals surface area contributed by atoms with Crippen molar-refractivity contribution >= 4 is 17.5 Å². The zero-order chi connectivity index (χ0) is 17.8. The number of benzene rings is 1. The van der Waals surface area contributed by atoms with Crippen molar-refractivity contribution < 1.29 is 19.1 Å². The Hall–Kier alpha value is -2.60. The summed E-state index contributed by atoms with van der Waals surface area (Å²) in [5.74, 6) is 0.600. The molecule has 3 N–H and O–H groups in total. The lowest BCUT2D eigenvalue weighted by Crippen LogP contribution is -2.37. The third-order valence-corrected chi connectivity index (χ3v) is 4.34. The monoisotopic (exact) mass is 342 g/mol. The molecule has 1 aromatic heterocycles. The Bertz CT molecular complexity index is 755. The highest BCUT2D eigenvalue weighted by molar-refractivity contribution is 6.00. The van der Waals surface area contributed by atoms with Gasteiger partial charge in [0.15, 0.2) is 5.78 Å². The number of aryl methyl sites for hydroxylation is 1. The molecule has 0 aliphatic heterocycles. The van der Waals surface area contributed by atoms with E-state index < -0.39 is 6.10 Å². The SMILES string of the molecule is C[C@H](C[C@@H](O)c1ccco1)NC(=O)Nc1ccc2c(c1)C(=O)CCC2. The minimum absolute atomic E-state index is 0.125. The first kappa shape index (κ1) is 17.2. The lowest BCUT2D eigenvalue weighted by molar-refractivity contribution is 0.0972. The number of Topliss-reactive ketones (excluding diaryl/α,β-unsaturated/α-hetero) is 1. The molecule has 0 radical (unpaired) electrons. The highest BCUT2D eigenvalue weighted by atomic mass is 16.4. The van der Waals surface area contributed by atoms with Crippen molar-refractivity contribution in [3.05, 3.63) is 53.5 Å². The first-order valence-electron chi connectivity index (χ1n) is 8.48. The van der Waals surface area contributed by atoms with Crippen molar-refractivity contribution in [3.8, 4) is 0 Å². The summed E-state index contributed by atoms with van der Waals surface area (Å²) in [6.07, 6.45) is 3.41. The number of carbonyl (C=O) groups excluding carboxylic acids is 2. The van der Waals surface area contributed by atoms with Gasteiger partial charge in [-0.15, -0.1) is 0 Å². The van der Waals surface area contributed by atoms with Crippen LogP contribution in [0.5, 0.6) is 0 Å². The van der Waals surface area contributed by atoms with E-state index in [1.165, 1.54) is 6.26 Å². The lowest BCUT2D eigenvalue weighted by Gasteiger charge is -2.18. The van der Waals surface area contributed by atoms with Gasteiger partial charge in [0.25, 0.3) is 0 Å². The molecule has 0 unspecified atom stereocenters. The van der Waals surface area contributed by atoms with Gasteiger partial charge >= 0.3 is 6.03 Å². The summed E-state index contributed by atoms with van der Waals surface area (Å²) in [7, 11) is 0. The van der Waals surface area contributed by atoms with Gasteiger partial charge in [0.2, 0.25) is 0 Å². The number of anilines is 1. The van der Waals surface area contributed by atoms with Crippen LogP contribution >= 0.6 is 0 Å². The van der Waals surface area contributed by atoms with E-state index in [0.717, 1.165) is 18.4 Å². The zero-order valence-corrected chi connectivity index (χ0v) is 14.1. The number of furan rings is 1. The molecule has 132 valence electrons. The van der Waals surface area contributed by atoms with Crippen LogP contribution in [0.3, 0.4) is 0 Å². The predicted octanol–water partition coefficient (Wildman–Crippen LogP) is 3.43. The Morgan fingerprint density at radius 1 is 1.32 bits per heavy atom. The first-order valence-corrected chi connectivity index (χ1v) is 8.48. The molecule has 1 heterocycles. The van der Waals surface area contributed by atoms with E-state index in [0.29, 0.717) is 29.9 Å². The summed E-state index contributed by atoms with van der Waals surface area (Å²) in [5.41, 5.74) is 2.33. The molecule has 1 aliphatic rings. The van der Waals surface area contributed by atoms with E-state index in [1.807, 2.05) is 13.0 Å². The van der Waals surface area contributed by atoms with Crippen molar-refractivity contribution in [2.45, 2.75) is 44.8 Å². The number of aliphatic hydroxyl groups is 1. The van der Waals surface area contributed by atoms with Crippen LogP contribution in [0.15, 0.2) is 41.0 Å². The Morgan fingerprint density at radius 2 is 2.16 bits per heavy atom. The highest BCUT2D eigenvalue weighted by Crippen LogP contribution is 2.24. The van der Waals surface area contributed by atoms with Crippen LogP contribution in [0.25, 0.3) is 0 Å². The summed E-state index contributed by atoms with van der Waals surface area (Å²) in [6, 6.07) is 8.22. The van der Waals surface area contributed by atoms with Crippen molar-refractivity contribution in [2.75, 3.05) is 5.32 Å². The maximum absolute atomic E-state index is 12.1. The van der Waals surface area contributed by atoms with Crippen LogP contribution in [0.4, 0.5) is 10.5 Å². The highest BCUT2D eigenvalue weighted by Gasteiger charge is 2.19. The van der Waals surface area contributed by atoms with Gasteiger partial charge in [-0.05, 0) is 49.6 Å². The third kappa shape index (κ3) is 4.28. The molecule has 1 aliphatic carbocycles. The number of urea groups is 1. The molecule has 6 heteroatoms. The van der Waals surface area contributed by atoms with Crippen molar-refractivity contribution in [1.29, 1.82) is 0 Å². The smallest absolute Gasteiger partial charge is 0.319 e. The fraction of sp³-hybridized carbons (Fsp3) is 0.368. The van der Waals surface area contributed by atoms with Crippen LogP contribution in [-0.2, 0) is 6.42 Å². The fourth-order valence-electron chi connectivity index (χ4n) is 3.09.